The third-order valence-corrected chi connectivity index (χ3v) is 3.35. The van der Waals surface area contributed by atoms with E-state index in [-0.39, 0.29) is 6.10 Å². The van der Waals surface area contributed by atoms with Crippen molar-refractivity contribution in [2.24, 2.45) is 0 Å². The molecule has 20 heavy (non-hydrogen) atoms. The largest absolute Gasteiger partial charge is 0.375 e. The number of nitrogens with one attached hydrogen (secondary N) is 1. The SMILES string of the molecule is CCCNc1cc(N2CCOC(C)C2)nc(CCC)n1. The van der Waals surface area contributed by atoms with Crippen LogP contribution in [0.25, 0.3) is 0 Å². The molecular formula is C15H26N4O. The maximum absolute atomic E-state index is 5.60. The summed E-state index contributed by atoms with van der Waals surface area (Å²) in [6, 6.07) is 2.06. The lowest BCUT2D eigenvalue weighted by atomic mass is 10.3. The molecule has 1 aromatic heterocycles. The van der Waals surface area contributed by atoms with Gasteiger partial charge >= 0.3 is 0 Å². The molecule has 1 N–H and O–H groups in total. The minimum absolute atomic E-state index is 0.264. The summed E-state index contributed by atoms with van der Waals surface area (Å²) in [7, 11) is 0. The molecule has 1 unspecified atom stereocenters. The van der Waals surface area contributed by atoms with Gasteiger partial charge in [0.05, 0.1) is 12.7 Å². The fourth-order valence-corrected chi connectivity index (χ4v) is 2.35. The van der Waals surface area contributed by atoms with Crippen molar-refractivity contribution in [2.75, 3.05) is 36.5 Å². The molecule has 0 radical (unpaired) electrons. The summed E-state index contributed by atoms with van der Waals surface area (Å²) in [6.07, 6.45) is 3.35. The van der Waals surface area contributed by atoms with Crippen LogP contribution in [0.5, 0.6) is 0 Å². The number of morpholine rings is 1. The van der Waals surface area contributed by atoms with Crippen molar-refractivity contribution in [3.05, 3.63) is 11.9 Å². The summed E-state index contributed by atoms with van der Waals surface area (Å²) in [5, 5.41) is 3.37. The topological polar surface area (TPSA) is 50.3 Å². The number of rotatable bonds is 6. The van der Waals surface area contributed by atoms with Crippen molar-refractivity contribution in [1.29, 1.82) is 0 Å². The molecule has 1 aliphatic rings. The standard InChI is InChI=1S/C15H26N4O/c1-4-6-13-17-14(16-7-5-2)10-15(18-13)19-8-9-20-12(3)11-19/h10,12H,4-9,11H2,1-3H3,(H,16,17,18). The molecule has 1 atom stereocenters. The van der Waals surface area contributed by atoms with E-state index in [1.54, 1.807) is 0 Å². The molecule has 0 bridgehead atoms. The number of hydrogen-bond acceptors (Lipinski definition) is 5. The fraction of sp³-hybridized carbons (Fsp3) is 0.733. The van der Waals surface area contributed by atoms with Crippen molar-refractivity contribution in [2.45, 2.75) is 46.1 Å². The van der Waals surface area contributed by atoms with Gasteiger partial charge < -0.3 is 15.0 Å². The maximum atomic E-state index is 5.60. The summed E-state index contributed by atoms with van der Waals surface area (Å²) in [4.78, 5) is 11.6. The Kier molecular flexibility index (Phi) is 5.59. The Morgan fingerprint density at radius 3 is 2.90 bits per heavy atom. The first-order valence-electron chi connectivity index (χ1n) is 7.71. The lowest BCUT2D eigenvalue weighted by Crippen LogP contribution is -2.41. The Morgan fingerprint density at radius 2 is 2.20 bits per heavy atom. The minimum Gasteiger partial charge on any atom is -0.375 e. The second-order valence-corrected chi connectivity index (χ2v) is 5.33. The van der Waals surface area contributed by atoms with E-state index in [1.165, 1.54) is 0 Å². The van der Waals surface area contributed by atoms with Crippen LogP contribution in [0.2, 0.25) is 0 Å². The summed E-state index contributed by atoms with van der Waals surface area (Å²) in [5.74, 6) is 2.90. The maximum Gasteiger partial charge on any atom is 0.134 e. The minimum atomic E-state index is 0.264. The second-order valence-electron chi connectivity index (χ2n) is 5.33. The molecular weight excluding hydrogens is 252 g/mol. The van der Waals surface area contributed by atoms with E-state index in [2.05, 4.69) is 42.0 Å². The average Bonchev–Trinajstić information content (AvgIpc) is 2.45. The molecule has 1 aromatic rings. The normalized spacial score (nSPS) is 19.1. The average molecular weight is 278 g/mol. The van der Waals surface area contributed by atoms with Gasteiger partial charge in [-0.2, -0.15) is 0 Å². The second kappa shape index (κ2) is 7.43. The van der Waals surface area contributed by atoms with Crippen LogP contribution in [0.1, 0.15) is 39.4 Å². The highest BCUT2D eigenvalue weighted by atomic mass is 16.5. The van der Waals surface area contributed by atoms with Crippen LogP contribution >= 0.6 is 0 Å². The number of anilines is 2. The summed E-state index contributed by atoms with van der Waals surface area (Å²) in [5.41, 5.74) is 0. The fourth-order valence-electron chi connectivity index (χ4n) is 2.35. The first-order chi connectivity index (χ1) is 9.72. The number of ether oxygens (including phenoxy) is 1. The Morgan fingerprint density at radius 1 is 1.35 bits per heavy atom. The van der Waals surface area contributed by atoms with E-state index >= 15 is 0 Å². The Hall–Kier alpha value is -1.36. The molecule has 1 fully saturated rings. The number of hydrogen-bond donors (Lipinski definition) is 1. The molecule has 112 valence electrons. The van der Waals surface area contributed by atoms with Crippen LogP contribution in [0, 0.1) is 0 Å². The van der Waals surface area contributed by atoms with Gasteiger partial charge in [0.2, 0.25) is 0 Å². The third kappa shape index (κ3) is 4.07. The molecule has 2 heterocycles. The highest BCUT2D eigenvalue weighted by molar-refractivity contribution is 5.49. The van der Waals surface area contributed by atoms with Crippen molar-refractivity contribution >= 4 is 11.6 Å². The molecule has 1 aliphatic heterocycles. The lowest BCUT2D eigenvalue weighted by molar-refractivity contribution is 0.0529. The zero-order valence-electron chi connectivity index (χ0n) is 12.9. The van der Waals surface area contributed by atoms with Crippen molar-refractivity contribution in [3.63, 3.8) is 0 Å². The Balaban J connectivity index is 2.18. The highest BCUT2D eigenvalue weighted by Gasteiger charge is 2.19. The molecule has 1 saturated heterocycles. The van der Waals surface area contributed by atoms with Gasteiger partial charge in [-0.3, -0.25) is 0 Å². The predicted molar refractivity (Wildman–Crippen MR) is 82.4 cm³/mol. The predicted octanol–water partition coefficient (Wildman–Crippen LogP) is 2.48. The van der Waals surface area contributed by atoms with Crippen LogP contribution < -0.4 is 10.2 Å². The molecule has 2 rings (SSSR count). The van der Waals surface area contributed by atoms with Gasteiger partial charge in [0.15, 0.2) is 0 Å². The number of aryl methyl sites for hydroxylation is 1. The molecule has 0 amide bonds. The first kappa shape index (κ1) is 15.0. The Bertz CT molecular complexity index is 424. The first-order valence-corrected chi connectivity index (χ1v) is 7.71. The van der Waals surface area contributed by atoms with Gasteiger partial charge in [-0.15, -0.1) is 0 Å². The van der Waals surface area contributed by atoms with E-state index in [9.17, 15) is 0 Å². The molecule has 0 spiro atoms. The van der Waals surface area contributed by atoms with Crippen molar-refractivity contribution < 1.29 is 4.74 Å². The van der Waals surface area contributed by atoms with Crippen LogP contribution in [-0.2, 0) is 11.2 Å². The van der Waals surface area contributed by atoms with E-state index in [4.69, 9.17) is 9.72 Å². The van der Waals surface area contributed by atoms with E-state index in [0.29, 0.717) is 0 Å². The summed E-state index contributed by atoms with van der Waals surface area (Å²) < 4.78 is 5.60. The van der Waals surface area contributed by atoms with Gasteiger partial charge in [-0.05, 0) is 19.8 Å². The van der Waals surface area contributed by atoms with Crippen molar-refractivity contribution in [1.82, 2.24) is 9.97 Å². The zero-order chi connectivity index (χ0) is 14.4. The molecule has 0 aromatic carbocycles. The van der Waals surface area contributed by atoms with Crippen LogP contribution in [0.4, 0.5) is 11.6 Å². The van der Waals surface area contributed by atoms with Crippen LogP contribution in [0.15, 0.2) is 6.07 Å². The highest BCUT2D eigenvalue weighted by Crippen LogP contribution is 2.19. The molecule has 0 aliphatic carbocycles. The van der Waals surface area contributed by atoms with Gasteiger partial charge in [-0.1, -0.05) is 13.8 Å². The number of aromatic nitrogens is 2. The Labute approximate surface area is 121 Å². The van der Waals surface area contributed by atoms with Gasteiger partial charge in [0, 0.05) is 32.1 Å². The third-order valence-electron chi connectivity index (χ3n) is 3.35. The van der Waals surface area contributed by atoms with Gasteiger partial charge in [0.1, 0.15) is 17.5 Å². The summed E-state index contributed by atoms with van der Waals surface area (Å²) >= 11 is 0. The van der Waals surface area contributed by atoms with E-state index < -0.39 is 0 Å². The monoisotopic (exact) mass is 278 g/mol. The van der Waals surface area contributed by atoms with Crippen LogP contribution in [0.3, 0.4) is 0 Å². The lowest BCUT2D eigenvalue weighted by Gasteiger charge is -2.32. The van der Waals surface area contributed by atoms with Crippen LogP contribution in [-0.4, -0.2) is 42.3 Å². The quantitative estimate of drug-likeness (QED) is 0.866. The van der Waals surface area contributed by atoms with E-state index in [1.807, 2.05) is 0 Å². The molecule has 0 saturated carbocycles. The summed E-state index contributed by atoms with van der Waals surface area (Å²) in [6.45, 7) is 9.94. The number of nitrogens with zero attached hydrogens (tertiary/aromatic N) is 3. The van der Waals surface area contributed by atoms with E-state index in [0.717, 1.165) is 63.0 Å². The molecule has 5 heteroatoms. The van der Waals surface area contributed by atoms with Crippen molar-refractivity contribution in [3.8, 4) is 0 Å². The smallest absolute Gasteiger partial charge is 0.134 e. The van der Waals surface area contributed by atoms with Gasteiger partial charge in [0.25, 0.3) is 0 Å². The van der Waals surface area contributed by atoms with Gasteiger partial charge in [-0.25, -0.2) is 9.97 Å². The zero-order valence-corrected chi connectivity index (χ0v) is 12.9. The molecule has 5 nitrogen and oxygen atoms in total.